The number of imidazole rings is 1. The first-order chi connectivity index (χ1) is 30.0. The Kier molecular flexibility index (Phi) is 7.54. The molecule has 0 bridgehead atoms. The van der Waals surface area contributed by atoms with Gasteiger partial charge in [0.05, 0.1) is 33.5 Å². The number of phenolic OH excluding ortho intramolecular Hbond substituents is 1. The Balaban J connectivity index is 1.38. The summed E-state index contributed by atoms with van der Waals surface area (Å²) in [5.74, 6) is 0.774. The molecule has 0 spiro atoms. The summed E-state index contributed by atoms with van der Waals surface area (Å²) in [7, 11) is 0. The minimum atomic E-state index is -2.81. The van der Waals surface area contributed by atoms with Crippen LogP contribution in [0, 0.1) is 20.7 Å². The van der Waals surface area contributed by atoms with Gasteiger partial charge in [-0.3, -0.25) is 9.55 Å². The van der Waals surface area contributed by atoms with Crippen LogP contribution in [0.2, 0.25) is 0 Å². The average molecular weight is 753 g/mol. The van der Waals surface area contributed by atoms with Crippen molar-refractivity contribution in [2.75, 3.05) is 0 Å². The maximum Gasteiger partial charge on any atom is 0.149 e. The molecule has 8 aromatic rings. The Morgan fingerprint density at radius 3 is 2.07 bits per heavy atom. The van der Waals surface area contributed by atoms with Crippen LogP contribution in [0.4, 0.5) is 0 Å². The molecule has 57 heavy (non-hydrogen) atoms. The van der Waals surface area contributed by atoms with Gasteiger partial charge in [-0.15, -0.1) is 0 Å². The lowest BCUT2D eigenvalue weighted by Crippen LogP contribution is -2.16. The van der Waals surface area contributed by atoms with Crippen molar-refractivity contribution in [2.45, 2.75) is 73.1 Å². The number of rotatable bonds is 6. The average Bonchev–Trinajstić information content (AvgIpc) is 3.63. The summed E-state index contributed by atoms with van der Waals surface area (Å²) < 4.78 is 60.5. The summed E-state index contributed by atoms with van der Waals surface area (Å²) in [4.78, 5) is 10.2. The first-order valence-corrected chi connectivity index (χ1v) is 19.3. The monoisotopic (exact) mass is 752 g/mol. The molecule has 0 aliphatic carbocycles. The fourth-order valence-electron chi connectivity index (χ4n) is 7.59. The van der Waals surface area contributed by atoms with Crippen molar-refractivity contribution in [2.24, 2.45) is 0 Å². The summed E-state index contributed by atoms with van der Waals surface area (Å²) in [5.41, 5.74) is 11.5. The lowest BCUT2D eigenvalue weighted by molar-refractivity contribution is 0.472. The third-order valence-electron chi connectivity index (χ3n) is 10.6. The lowest BCUT2D eigenvalue weighted by Gasteiger charge is -2.26. The standard InChI is InChI=1S/C53H51N3O/c1-33-18-20-37(21-19-33)39-24-25-54-46(32-39)41-28-40(29-42(30-41)52(4,5)6)43-16-13-17-48-49(43)55-51(44-27-34(2)26-35(3)50(44)57)56(48)47-23-22-38(31-45(47)53(7,8)9)36-14-11-10-12-15-36/h10-32,57H,1-9H3/i1D3,18D,19D,20D,21D. The zero-order chi connectivity index (χ0) is 46.2. The maximum atomic E-state index is 11.8. The zero-order valence-electron chi connectivity index (χ0n) is 40.8. The Morgan fingerprint density at radius 1 is 0.614 bits per heavy atom. The second-order valence-corrected chi connectivity index (χ2v) is 17.0. The summed E-state index contributed by atoms with van der Waals surface area (Å²) in [6.45, 7) is 14.2. The lowest BCUT2D eigenvalue weighted by atomic mass is 9.83. The van der Waals surface area contributed by atoms with Gasteiger partial charge < -0.3 is 5.11 Å². The van der Waals surface area contributed by atoms with E-state index in [9.17, 15) is 5.11 Å². The number of nitrogens with zero attached hydrogens (tertiary/aromatic N) is 3. The minimum Gasteiger partial charge on any atom is -0.507 e. The van der Waals surface area contributed by atoms with E-state index in [2.05, 4.69) is 101 Å². The topological polar surface area (TPSA) is 50.9 Å². The Hall–Kier alpha value is -6.26. The van der Waals surface area contributed by atoms with Gasteiger partial charge in [-0.05, 0) is 130 Å². The molecule has 2 aromatic heterocycles. The minimum absolute atomic E-state index is 0.00255. The van der Waals surface area contributed by atoms with Crippen LogP contribution in [0.3, 0.4) is 0 Å². The molecular weight excluding hydrogens is 695 g/mol. The summed E-state index contributed by atoms with van der Waals surface area (Å²) in [6.07, 6.45) is 1.57. The molecule has 0 aliphatic rings. The van der Waals surface area contributed by atoms with Crippen molar-refractivity contribution in [3.05, 3.63) is 167 Å². The number of hydrogen-bond donors (Lipinski definition) is 1. The van der Waals surface area contributed by atoms with E-state index in [-0.39, 0.29) is 22.1 Å². The number of phenols is 1. The summed E-state index contributed by atoms with van der Waals surface area (Å²) in [5, 5.41) is 11.8. The highest BCUT2D eigenvalue weighted by Gasteiger charge is 2.27. The molecule has 0 atom stereocenters. The van der Waals surface area contributed by atoms with Crippen LogP contribution in [0.15, 0.2) is 140 Å². The van der Waals surface area contributed by atoms with Gasteiger partial charge >= 0.3 is 0 Å². The smallest absolute Gasteiger partial charge is 0.149 e. The van der Waals surface area contributed by atoms with Crippen LogP contribution in [0.1, 0.15) is 79.0 Å². The first-order valence-electron chi connectivity index (χ1n) is 22.8. The third-order valence-corrected chi connectivity index (χ3v) is 10.6. The van der Waals surface area contributed by atoms with Crippen LogP contribution in [-0.2, 0) is 10.8 Å². The fourth-order valence-corrected chi connectivity index (χ4v) is 7.59. The van der Waals surface area contributed by atoms with Crippen molar-refractivity contribution < 1.29 is 14.7 Å². The number of aromatic nitrogens is 3. The van der Waals surface area contributed by atoms with Crippen molar-refractivity contribution in [1.29, 1.82) is 0 Å². The van der Waals surface area contributed by atoms with Gasteiger partial charge in [0.15, 0.2) is 0 Å². The van der Waals surface area contributed by atoms with Crippen LogP contribution < -0.4 is 0 Å². The van der Waals surface area contributed by atoms with Gasteiger partial charge in [0, 0.05) is 21.4 Å². The number of fused-ring (bicyclic) bond motifs is 1. The van der Waals surface area contributed by atoms with Gasteiger partial charge in [0.1, 0.15) is 11.6 Å². The van der Waals surface area contributed by atoms with Crippen LogP contribution in [-0.4, -0.2) is 19.6 Å². The van der Waals surface area contributed by atoms with E-state index in [0.717, 1.165) is 66.8 Å². The molecule has 4 heteroatoms. The predicted octanol–water partition coefficient (Wildman–Crippen LogP) is 14.0. The molecule has 0 unspecified atom stereocenters. The van der Waals surface area contributed by atoms with Gasteiger partial charge in [0.2, 0.25) is 0 Å². The number of pyridine rings is 1. The largest absolute Gasteiger partial charge is 0.507 e. The van der Waals surface area contributed by atoms with Crippen LogP contribution >= 0.6 is 0 Å². The molecule has 1 N–H and O–H groups in total. The number of hydrogen-bond acceptors (Lipinski definition) is 3. The highest BCUT2D eigenvalue weighted by Crippen LogP contribution is 2.43. The number of aromatic hydroxyl groups is 1. The van der Waals surface area contributed by atoms with E-state index in [1.165, 1.54) is 0 Å². The number of aryl methyl sites for hydroxylation is 2. The Morgan fingerprint density at radius 2 is 1.35 bits per heavy atom. The molecule has 8 rings (SSSR count). The maximum absolute atomic E-state index is 11.8. The molecule has 0 amide bonds. The first kappa shape index (κ1) is 30.0. The van der Waals surface area contributed by atoms with E-state index in [4.69, 9.17) is 19.6 Å². The number of para-hydroxylation sites is 1. The fraction of sp³-hybridized carbons (Fsp3) is 0.208. The third kappa shape index (κ3) is 7.29. The summed E-state index contributed by atoms with van der Waals surface area (Å²) in [6, 6.07) is 34.6. The molecule has 0 aliphatic heterocycles. The van der Waals surface area contributed by atoms with Crippen molar-refractivity contribution in [3.8, 4) is 67.5 Å². The molecule has 0 saturated heterocycles. The van der Waals surface area contributed by atoms with E-state index in [1.54, 1.807) is 18.3 Å². The van der Waals surface area contributed by atoms with Crippen LogP contribution in [0.5, 0.6) is 5.75 Å². The molecule has 0 radical (unpaired) electrons. The second-order valence-electron chi connectivity index (χ2n) is 17.0. The van der Waals surface area contributed by atoms with Gasteiger partial charge in [0.25, 0.3) is 0 Å². The molecule has 6 aromatic carbocycles. The van der Waals surface area contributed by atoms with Gasteiger partial charge in [-0.2, -0.15) is 0 Å². The van der Waals surface area contributed by atoms with E-state index >= 15 is 0 Å². The summed E-state index contributed by atoms with van der Waals surface area (Å²) >= 11 is 0. The highest BCUT2D eigenvalue weighted by atomic mass is 16.3. The van der Waals surface area contributed by atoms with Crippen LogP contribution in [0.25, 0.3) is 72.7 Å². The predicted molar refractivity (Wildman–Crippen MR) is 239 cm³/mol. The van der Waals surface area contributed by atoms with E-state index in [1.807, 2.05) is 56.3 Å². The SMILES string of the molecule is [2H]c1c([2H])c(C([2H])([2H])[2H])c([2H])c([2H])c1-c1ccnc(-c2cc(-c3cccc4c3nc(-c3cc(C)cc(C)c3O)n4-c3ccc(-c4ccccc4)cc3C(C)(C)C)cc(C(C)(C)C)c2)c1. The Labute approximate surface area is 347 Å². The van der Waals surface area contributed by atoms with Gasteiger partial charge in [-0.1, -0.05) is 132 Å². The molecule has 0 saturated carbocycles. The molecular formula is C53H51N3O. The second kappa shape index (κ2) is 14.4. The Bertz CT molecular complexity index is 3110. The highest BCUT2D eigenvalue weighted by molar-refractivity contribution is 5.97. The molecule has 2 heterocycles. The van der Waals surface area contributed by atoms with Crippen molar-refractivity contribution >= 4 is 11.0 Å². The van der Waals surface area contributed by atoms with Gasteiger partial charge in [-0.25, -0.2) is 4.98 Å². The zero-order valence-corrected chi connectivity index (χ0v) is 33.8. The van der Waals surface area contributed by atoms with E-state index < -0.39 is 36.6 Å². The van der Waals surface area contributed by atoms with Crippen molar-refractivity contribution in [3.63, 3.8) is 0 Å². The molecule has 0 fully saturated rings. The molecule has 284 valence electrons. The van der Waals surface area contributed by atoms with E-state index in [0.29, 0.717) is 22.6 Å². The van der Waals surface area contributed by atoms with Crippen molar-refractivity contribution in [1.82, 2.24) is 14.5 Å². The molecule has 4 nitrogen and oxygen atoms in total. The quantitative estimate of drug-likeness (QED) is 0.184. The normalized spacial score (nSPS) is 14.0. The number of benzene rings is 6.